The van der Waals surface area contributed by atoms with Gasteiger partial charge in [-0.05, 0) is 70.9 Å². The van der Waals surface area contributed by atoms with Crippen LogP contribution in [0.25, 0.3) is 71.3 Å². The molecule has 10 aromatic rings. The van der Waals surface area contributed by atoms with Crippen molar-refractivity contribution in [2.45, 2.75) is 0 Å². The molecule has 2 aromatic heterocycles. The van der Waals surface area contributed by atoms with Crippen LogP contribution in [0.5, 0.6) is 0 Å². The third-order valence-electron chi connectivity index (χ3n) is 9.73. The van der Waals surface area contributed by atoms with Crippen molar-refractivity contribution in [3.05, 3.63) is 182 Å². The van der Waals surface area contributed by atoms with Crippen molar-refractivity contribution in [2.24, 2.45) is 0 Å². The summed E-state index contributed by atoms with van der Waals surface area (Å²) in [5, 5.41) is 7.09. The van der Waals surface area contributed by atoms with E-state index in [0.29, 0.717) is 0 Å². The van der Waals surface area contributed by atoms with Gasteiger partial charge in [-0.1, -0.05) is 121 Å². The number of nitrogens with zero attached hydrogens (tertiary/aromatic N) is 2. The zero-order valence-electron chi connectivity index (χ0n) is 26.6. The van der Waals surface area contributed by atoms with Gasteiger partial charge in [0.1, 0.15) is 11.2 Å². The number of benzene rings is 8. The van der Waals surface area contributed by atoms with Crippen LogP contribution in [0.1, 0.15) is 0 Å². The van der Waals surface area contributed by atoms with E-state index in [1.807, 2.05) is 0 Å². The molecule has 0 aliphatic heterocycles. The number of anilines is 3. The molecule has 0 aliphatic rings. The molecule has 230 valence electrons. The van der Waals surface area contributed by atoms with Gasteiger partial charge in [0, 0.05) is 50.2 Å². The summed E-state index contributed by atoms with van der Waals surface area (Å²) < 4.78 is 9.26. The summed E-state index contributed by atoms with van der Waals surface area (Å²) in [5.41, 5.74) is 10.7. The van der Waals surface area contributed by atoms with Crippen molar-refractivity contribution in [3.8, 4) is 16.8 Å². The largest absolute Gasteiger partial charge is 0.456 e. The summed E-state index contributed by atoms with van der Waals surface area (Å²) >= 11 is 0. The fourth-order valence-electron chi connectivity index (χ4n) is 7.68. The Morgan fingerprint density at radius 1 is 0.408 bits per heavy atom. The predicted octanol–water partition coefficient (Wildman–Crippen LogP) is 13.0. The molecule has 0 fully saturated rings. The Balaban J connectivity index is 1.39. The molecule has 0 spiro atoms. The molecule has 3 heteroatoms. The third-order valence-corrected chi connectivity index (χ3v) is 9.73. The third kappa shape index (κ3) is 4.29. The number of hydrogen-bond acceptors (Lipinski definition) is 2. The van der Waals surface area contributed by atoms with E-state index in [2.05, 4.69) is 191 Å². The van der Waals surface area contributed by atoms with E-state index in [0.717, 1.165) is 55.8 Å². The first kappa shape index (κ1) is 27.5. The van der Waals surface area contributed by atoms with Crippen LogP contribution in [-0.4, -0.2) is 4.57 Å². The van der Waals surface area contributed by atoms with E-state index in [4.69, 9.17) is 4.42 Å². The number of rotatable bonds is 5. The smallest absolute Gasteiger partial charge is 0.138 e. The molecule has 0 radical (unpaired) electrons. The minimum atomic E-state index is 0.857. The maximum atomic E-state index is 6.84. The minimum Gasteiger partial charge on any atom is -0.456 e. The van der Waals surface area contributed by atoms with Crippen LogP contribution in [-0.2, 0) is 0 Å². The molecule has 0 aliphatic carbocycles. The predicted molar refractivity (Wildman–Crippen MR) is 206 cm³/mol. The summed E-state index contributed by atoms with van der Waals surface area (Å²) in [6.07, 6.45) is 0. The van der Waals surface area contributed by atoms with Crippen LogP contribution >= 0.6 is 0 Å². The Bertz CT molecular complexity index is 2770. The highest BCUT2D eigenvalue weighted by molar-refractivity contribution is 6.25. The average Bonchev–Trinajstić information content (AvgIpc) is 3.72. The van der Waals surface area contributed by atoms with Gasteiger partial charge < -0.3 is 13.9 Å². The average molecular weight is 627 g/mol. The van der Waals surface area contributed by atoms with Crippen molar-refractivity contribution in [2.75, 3.05) is 4.90 Å². The van der Waals surface area contributed by atoms with Crippen LogP contribution in [0.2, 0.25) is 0 Å². The van der Waals surface area contributed by atoms with E-state index < -0.39 is 0 Å². The number of fused-ring (bicyclic) bond motifs is 8. The van der Waals surface area contributed by atoms with E-state index in [1.54, 1.807) is 0 Å². The van der Waals surface area contributed by atoms with Crippen LogP contribution in [0.3, 0.4) is 0 Å². The Labute approximate surface area is 283 Å². The zero-order chi connectivity index (χ0) is 32.3. The van der Waals surface area contributed by atoms with Gasteiger partial charge in [-0.15, -0.1) is 0 Å². The van der Waals surface area contributed by atoms with Crippen molar-refractivity contribution in [3.63, 3.8) is 0 Å². The van der Waals surface area contributed by atoms with E-state index in [9.17, 15) is 0 Å². The number of furan rings is 1. The molecule has 0 bridgehead atoms. The summed E-state index contributed by atoms with van der Waals surface area (Å²) in [6, 6.07) is 64.8. The minimum absolute atomic E-state index is 0.857. The number of hydrogen-bond donors (Lipinski definition) is 0. The molecule has 0 saturated heterocycles. The fourth-order valence-corrected chi connectivity index (χ4v) is 7.68. The van der Waals surface area contributed by atoms with Gasteiger partial charge in [0.2, 0.25) is 0 Å². The van der Waals surface area contributed by atoms with Gasteiger partial charge in [0.25, 0.3) is 0 Å². The highest BCUT2D eigenvalue weighted by atomic mass is 16.3. The molecule has 10 rings (SSSR count). The molecule has 49 heavy (non-hydrogen) atoms. The lowest BCUT2D eigenvalue weighted by Crippen LogP contribution is -2.09. The van der Waals surface area contributed by atoms with Crippen LogP contribution in [0, 0.1) is 0 Å². The van der Waals surface area contributed by atoms with Gasteiger partial charge in [-0.25, -0.2) is 0 Å². The van der Waals surface area contributed by atoms with Gasteiger partial charge in [0.15, 0.2) is 0 Å². The van der Waals surface area contributed by atoms with E-state index in [1.165, 1.54) is 32.6 Å². The highest BCUT2D eigenvalue weighted by Gasteiger charge is 2.23. The maximum Gasteiger partial charge on any atom is 0.138 e. The molecule has 0 N–H and O–H groups in total. The first-order valence-corrected chi connectivity index (χ1v) is 16.7. The molecule has 3 nitrogen and oxygen atoms in total. The molecular formula is C46H30N2O. The van der Waals surface area contributed by atoms with Crippen molar-refractivity contribution in [1.82, 2.24) is 4.57 Å². The Hall–Kier alpha value is -6.58. The molecule has 0 amide bonds. The Morgan fingerprint density at radius 2 is 1.04 bits per heavy atom. The number of para-hydroxylation sites is 5. The van der Waals surface area contributed by atoms with E-state index in [-0.39, 0.29) is 0 Å². The topological polar surface area (TPSA) is 21.3 Å². The van der Waals surface area contributed by atoms with Gasteiger partial charge in [-0.2, -0.15) is 0 Å². The summed E-state index contributed by atoms with van der Waals surface area (Å²) in [4.78, 5) is 2.32. The second-order valence-electron chi connectivity index (χ2n) is 12.5. The molecular weight excluding hydrogens is 597 g/mol. The van der Waals surface area contributed by atoms with Crippen LogP contribution in [0.4, 0.5) is 17.1 Å². The first-order chi connectivity index (χ1) is 24.3. The SMILES string of the molecule is c1ccc(N(c2ccccc2)c2cc(-c3cccc4c5ccccc5n(-c5ccccc5)c34)c3c(c2)oc2ccc4ccccc4c23)cc1. The Kier molecular flexibility index (Phi) is 6.18. The normalized spacial score (nSPS) is 11.7. The molecule has 0 saturated carbocycles. The summed E-state index contributed by atoms with van der Waals surface area (Å²) in [5.74, 6) is 0. The molecule has 0 atom stereocenters. The second-order valence-corrected chi connectivity index (χ2v) is 12.5. The van der Waals surface area contributed by atoms with Gasteiger partial charge in [0.05, 0.1) is 16.7 Å². The lowest BCUT2D eigenvalue weighted by molar-refractivity contribution is 0.669. The van der Waals surface area contributed by atoms with Gasteiger partial charge >= 0.3 is 0 Å². The van der Waals surface area contributed by atoms with Gasteiger partial charge in [-0.3, -0.25) is 0 Å². The second kappa shape index (κ2) is 11.0. The lowest BCUT2D eigenvalue weighted by atomic mass is 9.94. The fraction of sp³-hybridized carbons (Fsp3) is 0. The molecule has 8 aromatic carbocycles. The van der Waals surface area contributed by atoms with Crippen molar-refractivity contribution < 1.29 is 4.42 Å². The number of aromatic nitrogens is 1. The van der Waals surface area contributed by atoms with Crippen LogP contribution < -0.4 is 4.90 Å². The van der Waals surface area contributed by atoms with Crippen molar-refractivity contribution >= 4 is 71.6 Å². The summed E-state index contributed by atoms with van der Waals surface area (Å²) in [6.45, 7) is 0. The molecule has 0 unspecified atom stereocenters. The Morgan fingerprint density at radius 3 is 1.80 bits per heavy atom. The summed E-state index contributed by atoms with van der Waals surface area (Å²) in [7, 11) is 0. The first-order valence-electron chi connectivity index (χ1n) is 16.7. The lowest BCUT2D eigenvalue weighted by Gasteiger charge is -2.26. The molecule has 2 heterocycles. The maximum absolute atomic E-state index is 6.84. The van der Waals surface area contributed by atoms with Crippen LogP contribution in [0.15, 0.2) is 186 Å². The highest BCUT2D eigenvalue weighted by Crippen LogP contribution is 2.47. The quantitative estimate of drug-likeness (QED) is 0.190. The monoisotopic (exact) mass is 626 g/mol. The van der Waals surface area contributed by atoms with Crippen molar-refractivity contribution in [1.29, 1.82) is 0 Å². The van der Waals surface area contributed by atoms with E-state index >= 15 is 0 Å². The zero-order valence-corrected chi connectivity index (χ0v) is 26.6. The standard InChI is InChI=1S/C46H30N2O/c1-4-16-32(17-5-1)47(33-18-6-2-7-19-33)35-29-40(45-43(30-35)49-42-28-27-31-15-10-11-22-36(31)44(42)45)39-25-14-24-38-37-23-12-13-26-41(37)48(46(38)39)34-20-8-3-9-21-34/h1-30H.